The van der Waals surface area contributed by atoms with E-state index in [1.54, 1.807) is 30.9 Å². The van der Waals surface area contributed by atoms with Gasteiger partial charge in [0, 0.05) is 38.9 Å². The van der Waals surface area contributed by atoms with Gasteiger partial charge in [-0.25, -0.2) is 0 Å². The van der Waals surface area contributed by atoms with Crippen LogP contribution in [0.25, 0.3) is 0 Å². The summed E-state index contributed by atoms with van der Waals surface area (Å²) in [6, 6.07) is 13.2. The van der Waals surface area contributed by atoms with Gasteiger partial charge in [-0.1, -0.05) is 18.2 Å². The number of unbranched alkanes of at least 4 members (excludes halogenated alkanes) is 1. The number of aryl methyl sites for hydroxylation is 1. The van der Waals surface area contributed by atoms with E-state index >= 15 is 0 Å². The van der Waals surface area contributed by atoms with Gasteiger partial charge in [0.25, 0.3) is 0 Å². The molecule has 0 spiro atoms. The first kappa shape index (κ1) is 18.6. The van der Waals surface area contributed by atoms with Crippen molar-refractivity contribution in [2.45, 2.75) is 25.9 Å². The van der Waals surface area contributed by atoms with E-state index in [-0.39, 0.29) is 5.56 Å². The molecule has 0 atom stereocenters. The number of hydrogen-bond acceptors (Lipinski definition) is 3. The largest absolute Gasteiger partial charge is 0.497 e. The smallest absolute Gasteiger partial charge is 0.250 e. The maximum atomic E-state index is 11.6. The fourth-order valence-electron chi connectivity index (χ4n) is 2.41. The lowest BCUT2D eigenvalue weighted by atomic mass is 10.2. The Kier molecular flexibility index (Phi) is 7.56. The average Bonchev–Trinajstić information content (AvgIpc) is 2.65. The molecule has 2 N–H and O–H groups in total. The molecule has 1 aromatic carbocycles. The number of nitrogens with one attached hydrogen (secondary N) is 2. The molecule has 0 unspecified atom stereocenters. The fraction of sp³-hybridized carbons (Fsp3) is 0.368. The summed E-state index contributed by atoms with van der Waals surface area (Å²) in [5, 5.41) is 6.57. The van der Waals surface area contributed by atoms with E-state index in [4.69, 9.17) is 4.74 Å². The standard InChI is InChI=1S/C19H26N4O2/c1-20-19(22-15-16-8-10-17(25-2)11-9-16)21-12-4-6-14-23-13-5-3-7-18(23)24/h3,5,7-11,13H,4,6,12,14-15H2,1-2H3,(H2,20,21,22). The van der Waals surface area contributed by atoms with Gasteiger partial charge in [-0.05, 0) is 36.6 Å². The van der Waals surface area contributed by atoms with Crippen molar-refractivity contribution in [2.75, 3.05) is 20.7 Å². The first-order valence-corrected chi connectivity index (χ1v) is 8.46. The van der Waals surface area contributed by atoms with Gasteiger partial charge in [0.05, 0.1) is 7.11 Å². The van der Waals surface area contributed by atoms with Crippen LogP contribution in [0.5, 0.6) is 5.75 Å². The fourth-order valence-corrected chi connectivity index (χ4v) is 2.41. The first-order chi connectivity index (χ1) is 12.2. The number of rotatable bonds is 8. The van der Waals surface area contributed by atoms with E-state index in [1.165, 1.54) is 0 Å². The number of ether oxygens (including phenoxy) is 1. The van der Waals surface area contributed by atoms with Gasteiger partial charge in [-0.2, -0.15) is 0 Å². The molecule has 2 aromatic rings. The van der Waals surface area contributed by atoms with Crippen LogP contribution in [0.1, 0.15) is 18.4 Å². The Labute approximate surface area is 148 Å². The van der Waals surface area contributed by atoms with Gasteiger partial charge >= 0.3 is 0 Å². The third-order valence-corrected chi connectivity index (χ3v) is 3.86. The number of methoxy groups -OCH3 is 1. The van der Waals surface area contributed by atoms with Crippen LogP contribution in [0.3, 0.4) is 0 Å². The van der Waals surface area contributed by atoms with Crippen molar-refractivity contribution in [3.05, 3.63) is 64.6 Å². The Morgan fingerprint density at radius 1 is 1.12 bits per heavy atom. The van der Waals surface area contributed by atoms with Crippen LogP contribution in [0.2, 0.25) is 0 Å². The average molecular weight is 342 g/mol. The van der Waals surface area contributed by atoms with E-state index in [9.17, 15) is 4.79 Å². The number of hydrogen-bond donors (Lipinski definition) is 2. The number of aromatic nitrogens is 1. The molecule has 0 amide bonds. The quantitative estimate of drug-likeness (QED) is 0.437. The minimum absolute atomic E-state index is 0.0485. The molecule has 0 radical (unpaired) electrons. The van der Waals surface area contributed by atoms with Crippen LogP contribution in [0.15, 0.2) is 58.4 Å². The second-order valence-corrected chi connectivity index (χ2v) is 5.64. The summed E-state index contributed by atoms with van der Waals surface area (Å²) in [7, 11) is 3.42. The predicted octanol–water partition coefficient (Wildman–Crippen LogP) is 2.00. The van der Waals surface area contributed by atoms with Crippen LogP contribution in [0, 0.1) is 0 Å². The number of nitrogens with zero attached hydrogens (tertiary/aromatic N) is 2. The van der Waals surface area contributed by atoms with Gasteiger partial charge in [-0.15, -0.1) is 0 Å². The molecule has 6 nitrogen and oxygen atoms in total. The molecule has 0 fully saturated rings. The number of benzene rings is 1. The molecule has 0 saturated carbocycles. The lowest BCUT2D eigenvalue weighted by molar-refractivity contribution is 0.414. The van der Waals surface area contributed by atoms with Crippen molar-refractivity contribution in [1.29, 1.82) is 0 Å². The summed E-state index contributed by atoms with van der Waals surface area (Å²) in [5.74, 6) is 1.62. The maximum absolute atomic E-state index is 11.6. The highest BCUT2D eigenvalue weighted by Crippen LogP contribution is 2.10. The van der Waals surface area contributed by atoms with Gasteiger partial charge in [0.2, 0.25) is 5.56 Å². The van der Waals surface area contributed by atoms with Gasteiger partial charge < -0.3 is 19.9 Å². The zero-order valence-electron chi connectivity index (χ0n) is 14.9. The van der Waals surface area contributed by atoms with Crippen LogP contribution in [-0.2, 0) is 13.1 Å². The molecular formula is C19H26N4O2. The van der Waals surface area contributed by atoms with Crippen molar-refractivity contribution >= 4 is 5.96 Å². The van der Waals surface area contributed by atoms with Crippen molar-refractivity contribution in [2.24, 2.45) is 4.99 Å². The molecule has 0 aliphatic rings. The monoisotopic (exact) mass is 342 g/mol. The highest BCUT2D eigenvalue weighted by Gasteiger charge is 1.99. The number of aliphatic imine (C=N–C) groups is 1. The maximum Gasteiger partial charge on any atom is 0.250 e. The molecule has 0 aliphatic carbocycles. The third-order valence-electron chi connectivity index (χ3n) is 3.86. The minimum Gasteiger partial charge on any atom is -0.497 e. The van der Waals surface area contributed by atoms with Crippen LogP contribution >= 0.6 is 0 Å². The molecule has 0 saturated heterocycles. The number of guanidine groups is 1. The highest BCUT2D eigenvalue weighted by molar-refractivity contribution is 5.79. The predicted molar refractivity (Wildman–Crippen MR) is 101 cm³/mol. The van der Waals surface area contributed by atoms with Crippen molar-refractivity contribution in [1.82, 2.24) is 15.2 Å². The molecular weight excluding hydrogens is 316 g/mol. The van der Waals surface area contributed by atoms with Crippen molar-refractivity contribution in [3.8, 4) is 5.75 Å². The molecule has 134 valence electrons. The minimum atomic E-state index is 0.0485. The second-order valence-electron chi connectivity index (χ2n) is 5.64. The molecule has 6 heteroatoms. The summed E-state index contributed by atoms with van der Waals surface area (Å²) in [6.07, 6.45) is 3.72. The molecule has 2 rings (SSSR count). The van der Waals surface area contributed by atoms with E-state index < -0.39 is 0 Å². The second kappa shape index (κ2) is 10.2. The van der Waals surface area contributed by atoms with Crippen molar-refractivity contribution in [3.63, 3.8) is 0 Å². The van der Waals surface area contributed by atoms with Gasteiger partial charge in [0.1, 0.15) is 5.75 Å². The van der Waals surface area contributed by atoms with Crippen molar-refractivity contribution < 1.29 is 4.74 Å². The summed E-state index contributed by atoms with van der Waals surface area (Å²) < 4.78 is 6.89. The zero-order valence-corrected chi connectivity index (χ0v) is 14.9. The lowest BCUT2D eigenvalue weighted by Gasteiger charge is -2.12. The first-order valence-electron chi connectivity index (χ1n) is 8.46. The molecule has 0 bridgehead atoms. The third kappa shape index (κ3) is 6.33. The van der Waals surface area contributed by atoms with E-state index in [0.717, 1.165) is 43.2 Å². The Hall–Kier alpha value is -2.76. The van der Waals surface area contributed by atoms with Crippen LogP contribution < -0.4 is 20.9 Å². The topological polar surface area (TPSA) is 67.7 Å². The van der Waals surface area contributed by atoms with E-state index in [2.05, 4.69) is 15.6 Å². The lowest BCUT2D eigenvalue weighted by Crippen LogP contribution is -2.37. The van der Waals surface area contributed by atoms with E-state index in [1.807, 2.05) is 36.5 Å². The van der Waals surface area contributed by atoms with Gasteiger partial charge in [-0.3, -0.25) is 9.79 Å². The summed E-state index contributed by atoms with van der Waals surface area (Å²) in [4.78, 5) is 15.8. The molecule has 0 aliphatic heterocycles. The summed E-state index contributed by atoms with van der Waals surface area (Å²) >= 11 is 0. The Balaban J connectivity index is 1.66. The van der Waals surface area contributed by atoms with Crippen LogP contribution in [-0.4, -0.2) is 31.2 Å². The highest BCUT2D eigenvalue weighted by atomic mass is 16.5. The molecule has 1 heterocycles. The van der Waals surface area contributed by atoms with E-state index in [0.29, 0.717) is 6.54 Å². The number of pyridine rings is 1. The SMILES string of the molecule is CN=C(NCCCCn1ccccc1=O)NCc1ccc(OC)cc1. The Bertz CT molecular complexity index is 723. The summed E-state index contributed by atoms with van der Waals surface area (Å²) in [6.45, 7) is 2.24. The van der Waals surface area contributed by atoms with Gasteiger partial charge in [0.15, 0.2) is 5.96 Å². The summed E-state index contributed by atoms with van der Waals surface area (Å²) in [5.41, 5.74) is 1.21. The molecule has 1 aromatic heterocycles. The molecule has 25 heavy (non-hydrogen) atoms. The van der Waals surface area contributed by atoms with Crippen LogP contribution in [0.4, 0.5) is 0 Å². The normalized spacial score (nSPS) is 11.2. The Morgan fingerprint density at radius 3 is 2.60 bits per heavy atom. The Morgan fingerprint density at radius 2 is 1.92 bits per heavy atom. The zero-order chi connectivity index (χ0) is 17.9.